The summed E-state index contributed by atoms with van der Waals surface area (Å²) in [6, 6.07) is 0. The van der Waals surface area contributed by atoms with Gasteiger partial charge in [0.05, 0.1) is 26.1 Å². The van der Waals surface area contributed by atoms with Crippen LogP contribution in [-0.2, 0) is 23.8 Å². The number of aliphatic hydroxyl groups excluding tert-OH is 1. The zero-order valence-electron chi connectivity index (χ0n) is 15.7. The molecular weight excluding hydrogens is 346 g/mol. The normalized spacial score (nSPS) is 12.2. The Kier molecular flexibility index (Phi) is 16.1. The van der Waals surface area contributed by atoms with Crippen molar-refractivity contribution in [3.8, 4) is 0 Å². The Morgan fingerprint density at radius 3 is 2.16 bits per heavy atom. The van der Waals surface area contributed by atoms with Crippen LogP contribution in [0.15, 0.2) is 0 Å². The average Bonchev–Trinajstić information content (AvgIpc) is 2.57. The van der Waals surface area contributed by atoms with Crippen molar-refractivity contribution in [2.24, 2.45) is 0 Å². The number of hydrogen-bond donors (Lipinski definition) is 1. The zero-order valence-corrected chi connectivity index (χ0v) is 16.5. The third-order valence-corrected chi connectivity index (χ3v) is 4.26. The highest BCUT2D eigenvalue weighted by atomic mass is 32.2. The van der Waals surface area contributed by atoms with Crippen molar-refractivity contribution < 1.29 is 28.9 Å². The minimum absolute atomic E-state index is 0.172. The summed E-state index contributed by atoms with van der Waals surface area (Å²) in [6.45, 7) is 8.66. The molecular formula is C17H33NO6S. The summed E-state index contributed by atoms with van der Waals surface area (Å²) in [4.78, 5) is 24.9. The third kappa shape index (κ3) is 15.2. The van der Waals surface area contributed by atoms with Gasteiger partial charge in [-0.05, 0) is 20.8 Å². The van der Waals surface area contributed by atoms with Crippen LogP contribution in [0.5, 0.6) is 0 Å². The van der Waals surface area contributed by atoms with Crippen LogP contribution in [0.1, 0.15) is 40.0 Å². The molecule has 0 saturated carbocycles. The number of carbonyl (C=O) groups is 2. The van der Waals surface area contributed by atoms with E-state index in [9.17, 15) is 14.7 Å². The number of nitrogens with zero attached hydrogens (tertiary/aromatic N) is 1. The fraction of sp³-hybridized carbons (Fsp3) is 0.882. The van der Waals surface area contributed by atoms with Crippen molar-refractivity contribution in [1.82, 2.24) is 4.90 Å². The quantitative estimate of drug-likeness (QED) is 0.246. The molecule has 0 radical (unpaired) electrons. The second-order valence-corrected chi connectivity index (χ2v) is 6.49. The molecule has 8 heteroatoms. The van der Waals surface area contributed by atoms with E-state index in [0.29, 0.717) is 57.9 Å². The summed E-state index contributed by atoms with van der Waals surface area (Å²) < 4.78 is 15.0. The standard InChI is InChI=1S/C17H33NO6S/c1-4-22-15(19)7-10-18(11-8-16(20)23-5-2)12-14-25-13-9-17(21)24-6-3/h15,19H,4-14H2,1-3H3. The van der Waals surface area contributed by atoms with Gasteiger partial charge in [-0.2, -0.15) is 11.8 Å². The minimum atomic E-state index is -0.786. The number of ether oxygens (including phenoxy) is 3. The van der Waals surface area contributed by atoms with E-state index in [1.807, 2.05) is 6.92 Å². The van der Waals surface area contributed by atoms with Gasteiger partial charge in [0.15, 0.2) is 6.29 Å². The Bertz CT molecular complexity index is 356. The summed E-state index contributed by atoms with van der Waals surface area (Å²) >= 11 is 1.67. The molecule has 7 nitrogen and oxygen atoms in total. The second kappa shape index (κ2) is 16.6. The van der Waals surface area contributed by atoms with Gasteiger partial charge in [0.25, 0.3) is 0 Å². The van der Waals surface area contributed by atoms with Crippen LogP contribution in [0.2, 0.25) is 0 Å². The van der Waals surface area contributed by atoms with Crippen molar-refractivity contribution in [3.05, 3.63) is 0 Å². The van der Waals surface area contributed by atoms with E-state index >= 15 is 0 Å². The first-order valence-corrected chi connectivity index (χ1v) is 10.1. The predicted molar refractivity (Wildman–Crippen MR) is 98.5 cm³/mol. The Morgan fingerprint density at radius 2 is 1.56 bits per heavy atom. The second-order valence-electron chi connectivity index (χ2n) is 5.26. The predicted octanol–water partition coefficient (Wildman–Crippen LogP) is 1.67. The summed E-state index contributed by atoms with van der Waals surface area (Å²) in [6.07, 6.45) is 0.437. The van der Waals surface area contributed by atoms with Crippen LogP contribution < -0.4 is 0 Å². The Hall–Kier alpha value is -0.830. The van der Waals surface area contributed by atoms with E-state index in [1.165, 1.54) is 0 Å². The van der Waals surface area contributed by atoms with Crippen molar-refractivity contribution in [3.63, 3.8) is 0 Å². The van der Waals surface area contributed by atoms with E-state index in [-0.39, 0.29) is 11.9 Å². The van der Waals surface area contributed by atoms with Crippen LogP contribution in [-0.4, -0.2) is 79.2 Å². The maximum Gasteiger partial charge on any atom is 0.307 e. The summed E-state index contributed by atoms with van der Waals surface area (Å²) in [7, 11) is 0. The van der Waals surface area contributed by atoms with E-state index in [4.69, 9.17) is 14.2 Å². The van der Waals surface area contributed by atoms with E-state index < -0.39 is 6.29 Å². The average molecular weight is 380 g/mol. The zero-order chi connectivity index (χ0) is 18.9. The highest BCUT2D eigenvalue weighted by Gasteiger charge is 2.12. The van der Waals surface area contributed by atoms with E-state index in [0.717, 1.165) is 12.3 Å². The fourth-order valence-electron chi connectivity index (χ4n) is 2.07. The van der Waals surface area contributed by atoms with Crippen molar-refractivity contribution in [2.75, 3.05) is 51.0 Å². The molecule has 0 aromatic rings. The van der Waals surface area contributed by atoms with Gasteiger partial charge in [-0.3, -0.25) is 9.59 Å². The molecule has 1 unspecified atom stereocenters. The number of carbonyl (C=O) groups excluding carboxylic acids is 2. The van der Waals surface area contributed by atoms with Crippen LogP contribution in [0.25, 0.3) is 0 Å². The molecule has 0 spiro atoms. The Labute approximate surface area is 155 Å². The molecule has 0 saturated heterocycles. The van der Waals surface area contributed by atoms with Gasteiger partial charge in [0.1, 0.15) is 0 Å². The van der Waals surface area contributed by atoms with E-state index in [2.05, 4.69) is 4.90 Å². The van der Waals surface area contributed by atoms with Gasteiger partial charge in [0, 0.05) is 44.2 Å². The number of rotatable bonds is 16. The monoisotopic (exact) mass is 379 g/mol. The molecule has 0 amide bonds. The molecule has 148 valence electrons. The topological polar surface area (TPSA) is 85.3 Å². The first kappa shape index (κ1) is 24.2. The van der Waals surface area contributed by atoms with Gasteiger partial charge >= 0.3 is 11.9 Å². The van der Waals surface area contributed by atoms with Crippen LogP contribution >= 0.6 is 11.8 Å². The molecule has 0 aliphatic heterocycles. The first-order valence-electron chi connectivity index (χ1n) is 8.94. The first-order chi connectivity index (χ1) is 12.0. The lowest BCUT2D eigenvalue weighted by atomic mass is 10.3. The lowest BCUT2D eigenvalue weighted by Gasteiger charge is -2.23. The molecule has 25 heavy (non-hydrogen) atoms. The van der Waals surface area contributed by atoms with Gasteiger partial charge < -0.3 is 24.2 Å². The van der Waals surface area contributed by atoms with Gasteiger partial charge in [-0.1, -0.05) is 0 Å². The molecule has 0 aliphatic rings. The molecule has 1 N–H and O–H groups in total. The molecule has 0 aromatic carbocycles. The molecule has 0 fully saturated rings. The molecule has 0 heterocycles. The maximum atomic E-state index is 11.5. The van der Waals surface area contributed by atoms with Crippen LogP contribution in [0, 0.1) is 0 Å². The minimum Gasteiger partial charge on any atom is -0.466 e. The van der Waals surface area contributed by atoms with Crippen molar-refractivity contribution >= 4 is 23.7 Å². The summed E-state index contributed by atoms with van der Waals surface area (Å²) in [5.41, 5.74) is 0. The van der Waals surface area contributed by atoms with E-state index in [1.54, 1.807) is 25.6 Å². The maximum absolute atomic E-state index is 11.5. The molecule has 0 rings (SSSR count). The largest absolute Gasteiger partial charge is 0.466 e. The highest BCUT2D eigenvalue weighted by molar-refractivity contribution is 7.99. The third-order valence-electron chi connectivity index (χ3n) is 3.30. The van der Waals surface area contributed by atoms with Crippen molar-refractivity contribution in [2.45, 2.75) is 46.3 Å². The van der Waals surface area contributed by atoms with Gasteiger partial charge in [-0.15, -0.1) is 0 Å². The molecule has 1 atom stereocenters. The fourth-order valence-corrected chi connectivity index (χ4v) is 2.97. The summed E-state index contributed by atoms with van der Waals surface area (Å²) in [5.74, 6) is 1.17. The highest BCUT2D eigenvalue weighted by Crippen LogP contribution is 2.07. The Balaban J connectivity index is 4.10. The summed E-state index contributed by atoms with van der Waals surface area (Å²) in [5, 5.41) is 9.68. The van der Waals surface area contributed by atoms with Crippen molar-refractivity contribution in [1.29, 1.82) is 0 Å². The number of esters is 2. The number of thioether (sulfide) groups is 1. The van der Waals surface area contributed by atoms with Gasteiger partial charge in [-0.25, -0.2) is 0 Å². The van der Waals surface area contributed by atoms with Crippen LogP contribution in [0.4, 0.5) is 0 Å². The lowest BCUT2D eigenvalue weighted by Crippen LogP contribution is -2.32. The molecule has 0 aliphatic carbocycles. The lowest BCUT2D eigenvalue weighted by molar-refractivity contribution is -0.144. The SMILES string of the molecule is CCOC(=O)CCSCCN(CCC(=O)OCC)CCC(O)OCC. The van der Waals surface area contributed by atoms with Crippen LogP contribution in [0.3, 0.4) is 0 Å². The smallest absolute Gasteiger partial charge is 0.307 e. The number of hydrogen-bond acceptors (Lipinski definition) is 8. The molecule has 0 aromatic heterocycles. The van der Waals surface area contributed by atoms with Gasteiger partial charge in [0.2, 0.25) is 0 Å². The molecule has 0 bridgehead atoms. The number of aliphatic hydroxyl groups is 1. The Morgan fingerprint density at radius 1 is 0.920 bits per heavy atom.